The molecule has 1 aliphatic rings. The number of likely N-dealkylation sites (tertiary alicyclic amines) is 1. The SMILES string of the molecule is CC[C@@H](c1ccccc1)[C@@H](CN)C(=O)N1CCC(NC)(c2ccccc2)CC1. The number of piperidine rings is 1. The first-order valence-electron chi connectivity index (χ1n) is 10.4. The number of hydrogen-bond donors (Lipinski definition) is 2. The molecule has 0 radical (unpaired) electrons. The van der Waals surface area contributed by atoms with Crippen LogP contribution in [0.15, 0.2) is 60.7 Å². The fourth-order valence-electron chi connectivity index (χ4n) is 4.67. The molecule has 1 fully saturated rings. The molecule has 3 rings (SSSR count). The van der Waals surface area contributed by atoms with E-state index in [0.717, 1.165) is 32.4 Å². The maximum atomic E-state index is 13.4. The summed E-state index contributed by atoms with van der Waals surface area (Å²) in [5.74, 6) is 0.214. The Hall–Kier alpha value is -2.17. The van der Waals surface area contributed by atoms with Crippen LogP contribution in [-0.4, -0.2) is 37.5 Å². The van der Waals surface area contributed by atoms with Crippen molar-refractivity contribution in [1.82, 2.24) is 10.2 Å². The summed E-state index contributed by atoms with van der Waals surface area (Å²) in [6.07, 6.45) is 2.74. The van der Waals surface area contributed by atoms with Gasteiger partial charge in [-0.3, -0.25) is 4.79 Å². The molecule has 150 valence electrons. The molecular weight excluding hydrogens is 346 g/mol. The van der Waals surface area contributed by atoms with E-state index in [9.17, 15) is 4.79 Å². The molecule has 0 aliphatic carbocycles. The van der Waals surface area contributed by atoms with Gasteiger partial charge in [-0.1, -0.05) is 67.6 Å². The minimum absolute atomic E-state index is 0.0557. The summed E-state index contributed by atoms with van der Waals surface area (Å²) in [6, 6.07) is 20.9. The number of rotatable bonds is 7. The fourth-order valence-corrected chi connectivity index (χ4v) is 4.67. The quantitative estimate of drug-likeness (QED) is 0.774. The van der Waals surface area contributed by atoms with Crippen LogP contribution in [0.4, 0.5) is 0 Å². The first-order chi connectivity index (χ1) is 13.6. The summed E-state index contributed by atoms with van der Waals surface area (Å²) in [5.41, 5.74) is 8.56. The molecule has 4 nitrogen and oxygen atoms in total. The molecule has 1 saturated heterocycles. The first kappa shape index (κ1) is 20.6. The van der Waals surface area contributed by atoms with E-state index in [1.165, 1.54) is 11.1 Å². The highest BCUT2D eigenvalue weighted by Gasteiger charge is 2.38. The van der Waals surface area contributed by atoms with Crippen LogP contribution >= 0.6 is 0 Å². The van der Waals surface area contributed by atoms with Gasteiger partial charge in [0, 0.05) is 25.2 Å². The monoisotopic (exact) mass is 379 g/mol. The first-order valence-corrected chi connectivity index (χ1v) is 10.4. The molecular formula is C24H33N3O. The van der Waals surface area contributed by atoms with Crippen LogP contribution in [0.5, 0.6) is 0 Å². The average Bonchev–Trinajstić information content (AvgIpc) is 2.78. The zero-order valence-corrected chi connectivity index (χ0v) is 17.1. The Bertz CT molecular complexity index is 739. The Morgan fingerprint density at radius 3 is 2.14 bits per heavy atom. The van der Waals surface area contributed by atoms with E-state index in [1.54, 1.807) is 0 Å². The van der Waals surface area contributed by atoms with Gasteiger partial charge in [0.1, 0.15) is 0 Å². The molecule has 1 aliphatic heterocycles. The number of benzene rings is 2. The molecule has 2 atom stereocenters. The normalized spacial score (nSPS) is 18.5. The predicted molar refractivity (Wildman–Crippen MR) is 115 cm³/mol. The Labute approximate surface area is 169 Å². The Kier molecular flexibility index (Phi) is 6.87. The highest BCUT2D eigenvalue weighted by atomic mass is 16.2. The van der Waals surface area contributed by atoms with Gasteiger partial charge < -0.3 is 16.0 Å². The number of carbonyl (C=O) groups excluding carboxylic acids is 1. The third kappa shape index (κ3) is 4.13. The summed E-state index contributed by atoms with van der Waals surface area (Å²) < 4.78 is 0. The predicted octanol–water partition coefficient (Wildman–Crippen LogP) is 3.49. The smallest absolute Gasteiger partial charge is 0.227 e. The van der Waals surface area contributed by atoms with Crippen LogP contribution in [0.2, 0.25) is 0 Å². The van der Waals surface area contributed by atoms with Gasteiger partial charge in [0.15, 0.2) is 0 Å². The van der Waals surface area contributed by atoms with E-state index in [2.05, 4.69) is 48.6 Å². The van der Waals surface area contributed by atoms with Crippen molar-refractivity contribution in [1.29, 1.82) is 0 Å². The number of amides is 1. The van der Waals surface area contributed by atoms with Gasteiger partial charge >= 0.3 is 0 Å². The van der Waals surface area contributed by atoms with Crippen molar-refractivity contribution < 1.29 is 4.79 Å². The molecule has 0 aromatic heterocycles. The van der Waals surface area contributed by atoms with Gasteiger partial charge in [0.25, 0.3) is 0 Å². The molecule has 2 aromatic carbocycles. The lowest BCUT2D eigenvalue weighted by Gasteiger charge is -2.43. The maximum absolute atomic E-state index is 13.4. The number of carbonyl (C=O) groups is 1. The average molecular weight is 380 g/mol. The molecule has 28 heavy (non-hydrogen) atoms. The minimum atomic E-state index is -0.161. The largest absolute Gasteiger partial charge is 0.342 e. The molecule has 1 heterocycles. The number of nitrogens with one attached hydrogen (secondary N) is 1. The lowest BCUT2D eigenvalue weighted by molar-refractivity contribution is -0.137. The highest BCUT2D eigenvalue weighted by molar-refractivity contribution is 5.80. The summed E-state index contributed by atoms with van der Waals surface area (Å²) >= 11 is 0. The van der Waals surface area contributed by atoms with Gasteiger partial charge in [-0.25, -0.2) is 0 Å². The van der Waals surface area contributed by atoms with Crippen LogP contribution in [0.25, 0.3) is 0 Å². The molecule has 0 spiro atoms. The zero-order valence-electron chi connectivity index (χ0n) is 17.1. The lowest BCUT2D eigenvalue weighted by atomic mass is 9.79. The van der Waals surface area contributed by atoms with Gasteiger partial charge in [-0.2, -0.15) is 0 Å². The van der Waals surface area contributed by atoms with Crippen LogP contribution in [0, 0.1) is 5.92 Å². The van der Waals surface area contributed by atoms with E-state index in [0.29, 0.717) is 6.54 Å². The topological polar surface area (TPSA) is 58.4 Å². The third-order valence-corrected chi connectivity index (χ3v) is 6.46. The summed E-state index contributed by atoms with van der Waals surface area (Å²) in [6.45, 7) is 4.05. The van der Waals surface area contributed by atoms with Crippen molar-refractivity contribution in [2.75, 3.05) is 26.7 Å². The summed E-state index contributed by atoms with van der Waals surface area (Å²) in [4.78, 5) is 15.4. The summed E-state index contributed by atoms with van der Waals surface area (Å²) in [5, 5.41) is 3.53. The Morgan fingerprint density at radius 1 is 1.07 bits per heavy atom. The van der Waals surface area contributed by atoms with Crippen molar-refractivity contribution in [2.45, 2.75) is 37.6 Å². The van der Waals surface area contributed by atoms with Crippen molar-refractivity contribution in [3.8, 4) is 0 Å². The van der Waals surface area contributed by atoms with Gasteiger partial charge in [0.2, 0.25) is 5.91 Å². The van der Waals surface area contributed by atoms with E-state index >= 15 is 0 Å². The third-order valence-electron chi connectivity index (χ3n) is 6.46. The van der Waals surface area contributed by atoms with Crippen LogP contribution < -0.4 is 11.1 Å². The molecule has 0 bridgehead atoms. The second-order valence-electron chi connectivity index (χ2n) is 7.79. The van der Waals surface area contributed by atoms with Gasteiger partial charge in [0.05, 0.1) is 5.92 Å². The van der Waals surface area contributed by atoms with Crippen LogP contribution in [0.1, 0.15) is 43.2 Å². The second kappa shape index (κ2) is 9.35. The van der Waals surface area contributed by atoms with Crippen molar-refractivity contribution in [3.05, 3.63) is 71.8 Å². The number of nitrogens with zero attached hydrogens (tertiary/aromatic N) is 1. The molecule has 0 unspecified atom stereocenters. The molecule has 1 amide bonds. The Balaban J connectivity index is 1.73. The fraction of sp³-hybridized carbons (Fsp3) is 0.458. The second-order valence-corrected chi connectivity index (χ2v) is 7.79. The van der Waals surface area contributed by atoms with E-state index in [-0.39, 0.29) is 23.3 Å². The van der Waals surface area contributed by atoms with Crippen molar-refractivity contribution in [3.63, 3.8) is 0 Å². The van der Waals surface area contributed by atoms with Gasteiger partial charge in [-0.05, 0) is 43.4 Å². The Morgan fingerprint density at radius 2 is 1.64 bits per heavy atom. The van der Waals surface area contributed by atoms with Crippen LogP contribution in [0.3, 0.4) is 0 Å². The maximum Gasteiger partial charge on any atom is 0.227 e. The number of hydrogen-bond acceptors (Lipinski definition) is 3. The molecule has 4 heteroatoms. The summed E-state index contributed by atoms with van der Waals surface area (Å²) in [7, 11) is 2.02. The van der Waals surface area contributed by atoms with Crippen molar-refractivity contribution in [2.24, 2.45) is 11.7 Å². The van der Waals surface area contributed by atoms with Crippen LogP contribution in [-0.2, 0) is 10.3 Å². The standard InChI is InChI=1S/C24H33N3O/c1-3-21(19-10-6-4-7-11-19)22(18-25)23(28)27-16-14-24(26-2,15-17-27)20-12-8-5-9-13-20/h4-13,21-22,26H,3,14-18,25H2,1-2H3/t21-,22+/m0/s1. The van der Waals surface area contributed by atoms with Crippen molar-refractivity contribution >= 4 is 5.91 Å². The number of nitrogens with two attached hydrogens (primary N) is 1. The molecule has 2 aromatic rings. The van der Waals surface area contributed by atoms with E-state index in [1.807, 2.05) is 36.2 Å². The minimum Gasteiger partial charge on any atom is -0.342 e. The van der Waals surface area contributed by atoms with Gasteiger partial charge in [-0.15, -0.1) is 0 Å². The highest BCUT2D eigenvalue weighted by Crippen LogP contribution is 2.35. The molecule has 0 saturated carbocycles. The zero-order chi connectivity index (χ0) is 20.0. The lowest BCUT2D eigenvalue weighted by Crippen LogP contribution is -2.53. The molecule has 3 N–H and O–H groups in total. The van der Waals surface area contributed by atoms with E-state index in [4.69, 9.17) is 5.73 Å². The van der Waals surface area contributed by atoms with E-state index < -0.39 is 0 Å².